The Morgan fingerprint density at radius 3 is 3.06 bits per heavy atom. The maximum absolute atomic E-state index is 5.90. The van der Waals surface area contributed by atoms with Gasteiger partial charge in [-0.15, -0.1) is 23.1 Å². The number of benzene rings is 1. The average Bonchev–Trinajstić information content (AvgIpc) is 2.89. The number of nitrogens with two attached hydrogens (primary N) is 1. The Balaban J connectivity index is 1.76. The summed E-state index contributed by atoms with van der Waals surface area (Å²) in [7, 11) is 0. The van der Waals surface area contributed by atoms with Crippen LogP contribution in [0, 0.1) is 0 Å². The molecule has 0 saturated carbocycles. The first-order chi connectivity index (χ1) is 8.83. The van der Waals surface area contributed by atoms with Crippen LogP contribution < -0.4 is 10.6 Å². The molecule has 0 amide bonds. The number of nitrogen functional groups attached to an aromatic ring is 1. The van der Waals surface area contributed by atoms with Gasteiger partial charge in [-0.05, 0) is 36.1 Å². The third kappa shape index (κ3) is 2.49. The number of rotatable bonds is 3. The normalized spacial score (nSPS) is 14.6. The first-order valence-corrected chi connectivity index (χ1v) is 7.99. The van der Waals surface area contributed by atoms with Crippen molar-refractivity contribution in [1.29, 1.82) is 0 Å². The van der Waals surface area contributed by atoms with E-state index < -0.39 is 0 Å². The fourth-order valence-corrected chi connectivity index (χ4v) is 3.95. The summed E-state index contributed by atoms with van der Waals surface area (Å²) in [4.78, 5) is 5.28. The molecule has 0 radical (unpaired) electrons. The van der Waals surface area contributed by atoms with Crippen LogP contribution in [0.5, 0.6) is 0 Å². The Kier molecular flexibility index (Phi) is 3.48. The van der Waals surface area contributed by atoms with E-state index in [4.69, 9.17) is 5.73 Å². The summed E-state index contributed by atoms with van der Waals surface area (Å²) in [5.74, 6) is 1.17. The van der Waals surface area contributed by atoms with Crippen molar-refractivity contribution in [2.75, 3.05) is 29.5 Å². The van der Waals surface area contributed by atoms with Gasteiger partial charge in [-0.25, -0.2) is 0 Å². The lowest BCUT2D eigenvalue weighted by molar-refractivity contribution is 0.803. The fraction of sp³-hybridized carbons (Fsp3) is 0.286. The molecule has 2 N–H and O–H groups in total. The van der Waals surface area contributed by atoms with E-state index >= 15 is 0 Å². The minimum Gasteiger partial charge on any atom is -0.399 e. The molecule has 0 spiro atoms. The van der Waals surface area contributed by atoms with Crippen LogP contribution >= 0.6 is 23.1 Å². The van der Waals surface area contributed by atoms with Crippen molar-refractivity contribution in [3.63, 3.8) is 0 Å². The Morgan fingerprint density at radius 2 is 2.22 bits per heavy atom. The number of hydrogen-bond acceptors (Lipinski definition) is 4. The van der Waals surface area contributed by atoms with Gasteiger partial charge in [-0.2, -0.15) is 0 Å². The van der Waals surface area contributed by atoms with Gasteiger partial charge in [-0.1, -0.05) is 6.07 Å². The molecule has 94 valence electrons. The van der Waals surface area contributed by atoms with E-state index in [1.54, 1.807) is 0 Å². The third-order valence-electron chi connectivity index (χ3n) is 3.15. The molecule has 0 aliphatic carbocycles. The van der Waals surface area contributed by atoms with Crippen molar-refractivity contribution in [2.45, 2.75) is 11.3 Å². The molecular formula is C14H16N2S2. The molecule has 0 unspecified atom stereocenters. The summed E-state index contributed by atoms with van der Waals surface area (Å²) >= 11 is 3.77. The largest absolute Gasteiger partial charge is 0.399 e. The molecule has 1 aromatic heterocycles. The number of fused-ring (bicyclic) bond motifs is 1. The maximum Gasteiger partial charge on any atom is 0.0525 e. The van der Waals surface area contributed by atoms with Crippen molar-refractivity contribution in [3.8, 4) is 0 Å². The maximum atomic E-state index is 5.90. The number of thiophene rings is 1. The monoisotopic (exact) mass is 276 g/mol. The lowest BCUT2D eigenvalue weighted by Crippen LogP contribution is -2.31. The Hall–Kier alpha value is -1.13. The molecule has 18 heavy (non-hydrogen) atoms. The van der Waals surface area contributed by atoms with Crippen molar-refractivity contribution < 1.29 is 0 Å². The highest BCUT2D eigenvalue weighted by molar-refractivity contribution is 7.99. The zero-order valence-electron chi connectivity index (χ0n) is 10.1. The second kappa shape index (κ2) is 5.24. The van der Waals surface area contributed by atoms with Crippen LogP contribution in [0.3, 0.4) is 0 Å². The van der Waals surface area contributed by atoms with Crippen molar-refractivity contribution in [3.05, 3.63) is 40.6 Å². The van der Waals surface area contributed by atoms with E-state index in [2.05, 4.69) is 34.5 Å². The van der Waals surface area contributed by atoms with Gasteiger partial charge in [0.05, 0.1) is 5.69 Å². The van der Waals surface area contributed by atoms with Gasteiger partial charge in [0.2, 0.25) is 0 Å². The molecule has 2 nitrogen and oxygen atoms in total. The van der Waals surface area contributed by atoms with E-state index in [1.165, 1.54) is 21.2 Å². The van der Waals surface area contributed by atoms with Crippen LogP contribution in [0.2, 0.25) is 0 Å². The summed E-state index contributed by atoms with van der Waals surface area (Å²) in [5.41, 5.74) is 8.07. The van der Waals surface area contributed by atoms with Gasteiger partial charge >= 0.3 is 0 Å². The molecule has 3 rings (SSSR count). The van der Waals surface area contributed by atoms with Gasteiger partial charge < -0.3 is 10.6 Å². The predicted octanol–water partition coefficient (Wildman–Crippen LogP) is 3.49. The summed E-state index contributed by atoms with van der Waals surface area (Å²) in [6.07, 6.45) is 1.12. The first-order valence-electron chi connectivity index (χ1n) is 6.12. The molecule has 4 heteroatoms. The van der Waals surface area contributed by atoms with Crippen LogP contribution in [0.1, 0.15) is 4.88 Å². The first kappa shape index (κ1) is 11.9. The van der Waals surface area contributed by atoms with Crippen LogP contribution in [0.15, 0.2) is 40.6 Å². The molecule has 1 aliphatic heterocycles. The van der Waals surface area contributed by atoms with Crippen molar-refractivity contribution in [2.24, 2.45) is 0 Å². The Morgan fingerprint density at radius 1 is 1.28 bits per heavy atom. The van der Waals surface area contributed by atoms with Gasteiger partial charge in [0.15, 0.2) is 0 Å². The SMILES string of the molecule is Nc1ccc2c(c1)N(CCc1cccs1)CCS2. The smallest absolute Gasteiger partial charge is 0.0525 e. The highest BCUT2D eigenvalue weighted by Crippen LogP contribution is 2.36. The molecule has 2 aromatic rings. The summed E-state index contributed by atoms with van der Waals surface area (Å²) in [6, 6.07) is 10.6. The summed E-state index contributed by atoms with van der Waals surface area (Å²) in [6.45, 7) is 2.20. The van der Waals surface area contributed by atoms with Crippen LogP contribution in [0.25, 0.3) is 0 Å². The van der Waals surface area contributed by atoms with E-state index in [9.17, 15) is 0 Å². The lowest BCUT2D eigenvalue weighted by atomic mass is 10.2. The molecule has 0 atom stereocenters. The third-order valence-corrected chi connectivity index (χ3v) is 5.13. The molecule has 2 heterocycles. The predicted molar refractivity (Wildman–Crippen MR) is 81.8 cm³/mol. The fourth-order valence-electron chi connectivity index (χ4n) is 2.22. The van der Waals surface area contributed by atoms with Crippen LogP contribution in [0.4, 0.5) is 11.4 Å². The number of anilines is 2. The quantitative estimate of drug-likeness (QED) is 0.870. The van der Waals surface area contributed by atoms with Crippen LogP contribution in [-0.2, 0) is 6.42 Å². The zero-order valence-corrected chi connectivity index (χ0v) is 11.8. The topological polar surface area (TPSA) is 29.3 Å². The van der Waals surface area contributed by atoms with Crippen molar-refractivity contribution >= 4 is 34.5 Å². The number of hydrogen-bond donors (Lipinski definition) is 1. The van der Waals surface area contributed by atoms with E-state index in [0.29, 0.717) is 0 Å². The highest BCUT2D eigenvalue weighted by atomic mass is 32.2. The minimum atomic E-state index is 0.859. The van der Waals surface area contributed by atoms with Gasteiger partial charge in [0, 0.05) is 34.3 Å². The molecular weight excluding hydrogens is 260 g/mol. The van der Waals surface area contributed by atoms with E-state index in [0.717, 1.165) is 25.2 Å². The van der Waals surface area contributed by atoms with Gasteiger partial charge in [-0.3, -0.25) is 0 Å². The van der Waals surface area contributed by atoms with Crippen molar-refractivity contribution in [1.82, 2.24) is 0 Å². The standard InChI is InChI=1S/C14H16N2S2/c15-11-3-4-14-13(10-11)16(7-9-18-14)6-5-12-2-1-8-17-12/h1-4,8,10H,5-7,9,15H2. The molecule has 1 aliphatic rings. The summed E-state index contributed by atoms with van der Waals surface area (Å²) in [5, 5.41) is 2.15. The molecule has 1 aromatic carbocycles. The number of thioether (sulfide) groups is 1. The highest BCUT2D eigenvalue weighted by Gasteiger charge is 2.17. The molecule has 0 saturated heterocycles. The molecule has 0 fully saturated rings. The molecule has 0 bridgehead atoms. The van der Waals surface area contributed by atoms with E-state index in [1.807, 2.05) is 29.2 Å². The zero-order chi connectivity index (χ0) is 12.4. The van der Waals surface area contributed by atoms with Gasteiger partial charge in [0.25, 0.3) is 0 Å². The average molecular weight is 276 g/mol. The summed E-state index contributed by atoms with van der Waals surface area (Å²) < 4.78 is 0. The van der Waals surface area contributed by atoms with E-state index in [-0.39, 0.29) is 0 Å². The lowest BCUT2D eigenvalue weighted by Gasteiger charge is -2.31. The van der Waals surface area contributed by atoms with Gasteiger partial charge in [0.1, 0.15) is 0 Å². The minimum absolute atomic E-state index is 0.859. The second-order valence-electron chi connectivity index (χ2n) is 4.39. The number of nitrogens with zero attached hydrogens (tertiary/aromatic N) is 1. The Bertz CT molecular complexity index is 523. The van der Waals surface area contributed by atoms with Crippen LogP contribution in [-0.4, -0.2) is 18.8 Å². The second-order valence-corrected chi connectivity index (χ2v) is 6.56. The Labute approximate surface area is 116 Å².